The highest BCUT2D eigenvalue weighted by atomic mass is 32.1. The van der Waals surface area contributed by atoms with E-state index in [4.69, 9.17) is 10.2 Å². The molecule has 0 aliphatic rings. The molecule has 0 spiro atoms. The van der Waals surface area contributed by atoms with Gasteiger partial charge in [-0.15, -0.1) is 0 Å². The Bertz CT molecular complexity index is 321. The van der Waals surface area contributed by atoms with Gasteiger partial charge in [-0.2, -0.15) is 12.6 Å². The molecule has 0 saturated carbocycles. The standard InChI is InChI=1S/C11H19NO5S/c1-3-4-8(11(16)17)12(5-9(13)14)10(15)7(2)6-18/h7-8,18H,3-6H2,1-2H3,(H,13,14)(H,16,17)/t7-,8-/m1/s1. The summed E-state index contributed by atoms with van der Waals surface area (Å²) in [6.45, 7) is 2.77. The molecule has 2 atom stereocenters. The number of carbonyl (C=O) groups excluding carboxylic acids is 1. The normalized spacial score (nSPS) is 13.7. The van der Waals surface area contributed by atoms with Gasteiger partial charge in [-0.3, -0.25) is 9.59 Å². The van der Waals surface area contributed by atoms with E-state index < -0.39 is 36.4 Å². The second-order valence-corrected chi connectivity index (χ2v) is 4.45. The van der Waals surface area contributed by atoms with Crippen LogP contribution in [-0.4, -0.2) is 51.3 Å². The molecule has 0 aromatic rings. The quantitative estimate of drug-likeness (QED) is 0.568. The fourth-order valence-electron chi connectivity index (χ4n) is 1.53. The predicted molar refractivity (Wildman–Crippen MR) is 68.7 cm³/mol. The molecule has 0 aromatic carbocycles. The summed E-state index contributed by atoms with van der Waals surface area (Å²) in [6.07, 6.45) is 0.781. The van der Waals surface area contributed by atoms with Gasteiger partial charge in [0.05, 0.1) is 0 Å². The van der Waals surface area contributed by atoms with Crippen LogP contribution in [0.3, 0.4) is 0 Å². The highest BCUT2D eigenvalue weighted by molar-refractivity contribution is 7.80. The Morgan fingerprint density at radius 2 is 1.83 bits per heavy atom. The van der Waals surface area contributed by atoms with Gasteiger partial charge in [-0.1, -0.05) is 20.3 Å². The number of rotatable bonds is 8. The van der Waals surface area contributed by atoms with E-state index >= 15 is 0 Å². The fourth-order valence-corrected chi connectivity index (χ4v) is 1.69. The topological polar surface area (TPSA) is 94.9 Å². The minimum Gasteiger partial charge on any atom is -0.480 e. The molecule has 0 heterocycles. The van der Waals surface area contributed by atoms with E-state index in [0.717, 1.165) is 4.90 Å². The molecule has 18 heavy (non-hydrogen) atoms. The van der Waals surface area contributed by atoms with E-state index in [1.807, 2.05) is 0 Å². The summed E-state index contributed by atoms with van der Waals surface area (Å²) in [4.78, 5) is 34.8. The molecule has 104 valence electrons. The van der Waals surface area contributed by atoms with Gasteiger partial charge in [0.15, 0.2) is 0 Å². The van der Waals surface area contributed by atoms with Gasteiger partial charge >= 0.3 is 11.9 Å². The Balaban J connectivity index is 5.10. The second kappa shape index (κ2) is 7.97. The van der Waals surface area contributed by atoms with Crippen LogP contribution in [0, 0.1) is 5.92 Å². The maximum Gasteiger partial charge on any atom is 0.326 e. The summed E-state index contributed by atoms with van der Waals surface area (Å²) < 4.78 is 0. The second-order valence-electron chi connectivity index (χ2n) is 4.09. The maximum atomic E-state index is 12.0. The summed E-state index contributed by atoms with van der Waals surface area (Å²) >= 11 is 3.97. The largest absolute Gasteiger partial charge is 0.480 e. The summed E-state index contributed by atoms with van der Waals surface area (Å²) in [5.74, 6) is -3.16. The lowest BCUT2D eigenvalue weighted by molar-refractivity contribution is -0.156. The number of hydrogen-bond acceptors (Lipinski definition) is 4. The van der Waals surface area contributed by atoms with Crippen molar-refractivity contribution in [3.05, 3.63) is 0 Å². The first-order valence-electron chi connectivity index (χ1n) is 5.71. The van der Waals surface area contributed by atoms with Crippen LogP contribution in [0.2, 0.25) is 0 Å². The van der Waals surface area contributed by atoms with Crippen LogP contribution in [0.4, 0.5) is 0 Å². The molecule has 0 aromatic heterocycles. The number of carbonyl (C=O) groups is 3. The van der Waals surface area contributed by atoms with E-state index in [1.165, 1.54) is 0 Å². The van der Waals surface area contributed by atoms with Crippen molar-refractivity contribution < 1.29 is 24.6 Å². The van der Waals surface area contributed by atoms with Crippen LogP contribution in [-0.2, 0) is 14.4 Å². The van der Waals surface area contributed by atoms with Crippen molar-refractivity contribution >= 4 is 30.5 Å². The molecule has 0 unspecified atom stereocenters. The molecule has 0 aliphatic carbocycles. The molecular formula is C11H19NO5S. The van der Waals surface area contributed by atoms with Crippen LogP contribution in [0.5, 0.6) is 0 Å². The number of amides is 1. The summed E-state index contributed by atoms with van der Waals surface area (Å²) in [7, 11) is 0. The van der Waals surface area contributed by atoms with Crippen molar-refractivity contribution in [3.8, 4) is 0 Å². The molecule has 0 aliphatic heterocycles. The van der Waals surface area contributed by atoms with Crippen LogP contribution >= 0.6 is 12.6 Å². The zero-order valence-electron chi connectivity index (χ0n) is 10.5. The van der Waals surface area contributed by atoms with Crippen molar-refractivity contribution in [3.63, 3.8) is 0 Å². The highest BCUT2D eigenvalue weighted by Gasteiger charge is 2.32. The number of hydrogen-bond donors (Lipinski definition) is 3. The van der Waals surface area contributed by atoms with Gasteiger partial charge in [0.2, 0.25) is 5.91 Å². The molecular weight excluding hydrogens is 258 g/mol. The van der Waals surface area contributed by atoms with Gasteiger partial charge in [0.1, 0.15) is 12.6 Å². The SMILES string of the molecule is CCC[C@H](C(=O)O)N(CC(=O)O)C(=O)[C@H](C)CS. The Morgan fingerprint density at radius 3 is 2.17 bits per heavy atom. The number of carboxylic acid groups (broad SMARTS) is 2. The third-order valence-electron chi connectivity index (χ3n) is 2.51. The molecule has 0 fully saturated rings. The van der Waals surface area contributed by atoms with Crippen molar-refractivity contribution in [2.75, 3.05) is 12.3 Å². The van der Waals surface area contributed by atoms with Crippen LogP contribution in [0.25, 0.3) is 0 Å². The molecule has 2 N–H and O–H groups in total. The first kappa shape index (κ1) is 16.8. The van der Waals surface area contributed by atoms with Crippen molar-refractivity contribution in [2.45, 2.75) is 32.7 Å². The summed E-state index contributed by atoms with van der Waals surface area (Å²) in [5.41, 5.74) is 0. The minimum atomic E-state index is -1.22. The average Bonchev–Trinajstić information content (AvgIpc) is 2.30. The van der Waals surface area contributed by atoms with E-state index in [2.05, 4.69) is 12.6 Å². The Morgan fingerprint density at radius 1 is 1.28 bits per heavy atom. The molecule has 0 rings (SSSR count). The number of carboxylic acids is 2. The monoisotopic (exact) mass is 277 g/mol. The molecule has 0 radical (unpaired) electrons. The first-order chi connectivity index (χ1) is 8.34. The smallest absolute Gasteiger partial charge is 0.326 e. The zero-order chi connectivity index (χ0) is 14.3. The Labute approximate surface area is 111 Å². The Kier molecular flexibility index (Phi) is 7.42. The molecule has 0 bridgehead atoms. The van der Waals surface area contributed by atoms with Crippen LogP contribution in [0.15, 0.2) is 0 Å². The summed E-state index contributed by atoms with van der Waals surface area (Å²) in [5, 5.41) is 17.9. The van der Waals surface area contributed by atoms with Crippen molar-refractivity contribution in [1.29, 1.82) is 0 Å². The van der Waals surface area contributed by atoms with Crippen LogP contribution in [0.1, 0.15) is 26.7 Å². The van der Waals surface area contributed by atoms with E-state index in [1.54, 1.807) is 13.8 Å². The zero-order valence-corrected chi connectivity index (χ0v) is 11.4. The molecule has 0 saturated heterocycles. The van der Waals surface area contributed by atoms with Crippen LogP contribution < -0.4 is 0 Å². The van der Waals surface area contributed by atoms with Gasteiger partial charge in [0.25, 0.3) is 0 Å². The molecule has 1 amide bonds. The van der Waals surface area contributed by atoms with E-state index in [-0.39, 0.29) is 12.2 Å². The lowest BCUT2D eigenvalue weighted by Crippen LogP contribution is -2.49. The van der Waals surface area contributed by atoms with Gasteiger partial charge < -0.3 is 15.1 Å². The molecule has 7 heteroatoms. The van der Waals surface area contributed by atoms with E-state index in [0.29, 0.717) is 6.42 Å². The van der Waals surface area contributed by atoms with Crippen molar-refractivity contribution in [2.24, 2.45) is 5.92 Å². The lowest BCUT2D eigenvalue weighted by atomic mass is 10.1. The van der Waals surface area contributed by atoms with Gasteiger partial charge in [0, 0.05) is 11.7 Å². The van der Waals surface area contributed by atoms with E-state index in [9.17, 15) is 14.4 Å². The van der Waals surface area contributed by atoms with Gasteiger partial charge in [-0.25, -0.2) is 4.79 Å². The Hall–Kier alpha value is -1.24. The number of nitrogens with zero attached hydrogens (tertiary/aromatic N) is 1. The fraction of sp³-hybridized carbons (Fsp3) is 0.727. The number of thiol groups is 1. The minimum absolute atomic E-state index is 0.230. The first-order valence-corrected chi connectivity index (χ1v) is 6.34. The molecule has 6 nitrogen and oxygen atoms in total. The van der Waals surface area contributed by atoms with Crippen molar-refractivity contribution in [1.82, 2.24) is 4.90 Å². The third-order valence-corrected chi connectivity index (χ3v) is 3.06. The maximum absolute atomic E-state index is 12.0. The summed E-state index contributed by atoms with van der Waals surface area (Å²) in [6, 6.07) is -1.10. The highest BCUT2D eigenvalue weighted by Crippen LogP contribution is 2.13. The predicted octanol–water partition coefficient (Wildman–Crippen LogP) is 0.719. The number of aliphatic carboxylic acids is 2. The third kappa shape index (κ3) is 4.95. The average molecular weight is 277 g/mol. The van der Waals surface area contributed by atoms with Gasteiger partial charge in [-0.05, 0) is 6.42 Å². The lowest BCUT2D eigenvalue weighted by Gasteiger charge is -2.29.